The molecule has 0 bridgehead atoms. The molecule has 0 radical (unpaired) electrons. The topological polar surface area (TPSA) is 67.2 Å². The SMILES string of the molecule is CCC(C)n1ncc(C(=O)NCC(O)c2ccccc2C)c1C1CC1. The average molecular weight is 341 g/mol. The van der Waals surface area contributed by atoms with Gasteiger partial charge in [0, 0.05) is 18.5 Å². The Morgan fingerprint density at radius 1 is 1.40 bits per heavy atom. The molecule has 1 fully saturated rings. The van der Waals surface area contributed by atoms with E-state index in [2.05, 4.69) is 24.3 Å². The normalized spacial score (nSPS) is 16.5. The fourth-order valence-electron chi connectivity index (χ4n) is 3.19. The first-order valence-corrected chi connectivity index (χ1v) is 9.12. The molecule has 2 atom stereocenters. The van der Waals surface area contributed by atoms with Crippen LogP contribution in [-0.2, 0) is 0 Å². The van der Waals surface area contributed by atoms with E-state index in [1.165, 1.54) is 0 Å². The number of aryl methyl sites for hydroxylation is 1. The molecule has 1 aliphatic rings. The van der Waals surface area contributed by atoms with Crippen molar-refractivity contribution in [2.24, 2.45) is 0 Å². The number of aromatic nitrogens is 2. The molecular formula is C20H27N3O2. The van der Waals surface area contributed by atoms with Gasteiger partial charge < -0.3 is 10.4 Å². The molecule has 1 aromatic heterocycles. The quantitative estimate of drug-likeness (QED) is 0.810. The van der Waals surface area contributed by atoms with E-state index in [-0.39, 0.29) is 18.5 Å². The Hall–Kier alpha value is -2.14. The van der Waals surface area contributed by atoms with Crippen molar-refractivity contribution in [3.63, 3.8) is 0 Å². The molecule has 1 aromatic carbocycles. The van der Waals surface area contributed by atoms with E-state index in [0.29, 0.717) is 11.5 Å². The molecule has 5 nitrogen and oxygen atoms in total. The van der Waals surface area contributed by atoms with Gasteiger partial charge in [0.05, 0.1) is 23.6 Å². The number of hydrogen-bond acceptors (Lipinski definition) is 3. The Balaban J connectivity index is 1.72. The number of nitrogens with one attached hydrogen (secondary N) is 1. The lowest BCUT2D eigenvalue weighted by atomic mass is 10.0. The molecule has 134 valence electrons. The van der Waals surface area contributed by atoms with Crippen LogP contribution in [0, 0.1) is 6.92 Å². The molecule has 0 spiro atoms. The van der Waals surface area contributed by atoms with Gasteiger partial charge in [-0.2, -0.15) is 5.10 Å². The lowest BCUT2D eigenvalue weighted by Gasteiger charge is -2.16. The van der Waals surface area contributed by atoms with Gasteiger partial charge in [0.25, 0.3) is 5.91 Å². The zero-order valence-corrected chi connectivity index (χ0v) is 15.2. The lowest BCUT2D eigenvalue weighted by Crippen LogP contribution is -2.29. The van der Waals surface area contributed by atoms with Crippen LogP contribution in [0.4, 0.5) is 0 Å². The Morgan fingerprint density at radius 3 is 2.76 bits per heavy atom. The van der Waals surface area contributed by atoms with Crippen LogP contribution in [0.3, 0.4) is 0 Å². The highest BCUT2D eigenvalue weighted by molar-refractivity contribution is 5.95. The molecule has 0 aliphatic heterocycles. The second kappa shape index (κ2) is 7.40. The molecule has 1 aliphatic carbocycles. The van der Waals surface area contributed by atoms with Crippen molar-refractivity contribution in [3.8, 4) is 0 Å². The number of nitrogens with zero attached hydrogens (tertiary/aromatic N) is 2. The number of carbonyl (C=O) groups excluding carboxylic acids is 1. The van der Waals surface area contributed by atoms with E-state index in [0.717, 1.165) is 36.1 Å². The number of hydrogen-bond donors (Lipinski definition) is 2. The van der Waals surface area contributed by atoms with Crippen molar-refractivity contribution in [1.82, 2.24) is 15.1 Å². The van der Waals surface area contributed by atoms with Gasteiger partial charge in [-0.25, -0.2) is 0 Å². The Bertz CT molecular complexity index is 749. The van der Waals surface area contributed by atoms with Crippen molar-refractivity contribution in [2.45, 2.75) is 58.1 Å². The summed E-state index contributed by atoms with van der Waals surface area (Å²) in [5.41, 5.74) is 3.57. The Morgan fingerprint density at radius 2 is 2.12 bits per heavy atom. The first kappa shape index (κ1) is 17.7. The molecule has 2 aromatic rings. The first-order valence-electron chi connectivity index (χ1n) is 9.12. The maximum Gasteiger partial charge on any atom is 0.254 e. The van der Waals surface area contributed by atoms with Crippen LogP contribution in [-0.4, -0.2) is 27.3 Å². The van der Waals surface area contributed by atoms with Crippen LogP contribution in [0.15, 0.2) is 30.5 Å². The monoisotopic (exact) mass is 341 g/mol. The maximum atomic E-state index is 12.7. The molecule has 1 heterocycles. The predicted octanol–water partition coefficient (Wildman–Crippen LogP) is 3.50. The lowest BCUT2D eigenvalue weighted by molar-refractivity contribution is 0.0914. The summed E-state index contributed by atoms with van der Waals surface area (Å²) in [6.07, 6.45) is 4.19. The van der Waals surface area contributed by atoms with Crippen molar-refractivity contribution >= 4 is 5.91 Å². The molecule has 3 rings (SSSR count). The highest BCUT2D eigenvalue weighted by Gasteiger charge is 2.33. The van der Waals surface area contributed by atoms with Gasteiger partial charge in [-0.1, -0.05) is 31.2 Å². The van der Waals surface area contributed by atoms with Crippen molar-refractivity contribution in [2.75, 3.05) is 6.54 Å². The van der Waals surface area contributed by atoms with Crippen molar-refractivity contribution < 1.29 is 9.90 Å². The van der Waals surface area contributed by atoms with Crippen molar-refractivity contribution in [3.05, 3.63) is 52.8 Å². The second-order valence-corrected chi connectivity index (χ2v) is 7.00. The zero-order valence-electron chi connectivity index (χ0n) is 15.2. The largest absolute Gasteiger partial charge is 0.387 e. The number of benzene rings is 1. The van der Waals surface area contributed by atoms with Gasteiger partial charge in [0.2, 0.25) is 0 Å². The molecule has 2 unspecified atom stereocenters. The van der Waals surface area contributed by atoms with Crippen molar-refractivity contribution in [1.29, 1.82) is 0 Å². The van der Waals surface area contributed by atoms with Crippen LogP contribution >= 0.6 is 0 Å². The van der Waals surface area contributed by atoms with Gasteiger partial charge >= 0.3 is 0 Å². The van der Waals surface area contributed by atoms with E-state index in [1.54, 1.807) is 6.20 Å². The smallest absolute Gasteiger partial charge is 0.254 e. The third-order valence-corrected chi connectivity index (χ3v) is 5.05. The Labute approximate surface area is 149 Å². The summed E-state index contributed by atoms with van der Waals surface area (Å²) < 4.78 is 2.00. The number of carbonyl (C=O) groups is 1. The van der Waals surface area contributed by atoms with Crippen LogP contribution in [0.2, 0.25) is 0 Å². The van der Waals surface area contributed by atoms with E-state index < -0.39 is 6.10 Å². The fourth-order valence-corrected chi connectivity index (χ4v) is 3.19. The van der Waals surface area contributed by atoms with E-state index in [9.17, 15) is 9.90 Å². The highest BCUT2D eigenvalue weighted by atomic mass is 16.3. The van der Waals surface area contributed by atoms with E-state index >= 15 is 0 Å². The van der Waals surface area contributed by atoms with Gasteiger partial charge in [0.15, 0.2) is 0 Å². The number of rotatable bonds is 7. The minimum absolute atomic E-state index is 0.149. The summed E-state index contributed by atoms with van der Waals surface area (Å²) in [7, 11) is 0. The molecule has 0 saturated heterocycles. The number of aliphatic hydroxyl groups is 1. The maximum absolute atomic E-state index is 12.7. The molecular weight excluding hydrogens is 314 g/mol. The summed E-state index contributed by atoms with van der Waals surface area (Å²) in [5, 5.41) is 17.7. The van der Waals surface area contributed by atoms with Gasteiger partial charge in [-0.3, -0.25) is 9.48 Å². The fraction of sp³-hybridized carbons (Fsp3) is 0.500. The van der Waals surface area contributed by atoms with E-state index in [4.69, 9.17) is 0 Å². The molecule has 1 amide bonds. The second-order valence-electron chi connectivity index (χ2n) is 7.00. The summed E-state index contributed by atoms with van der Waals surface area (Å²) >= 11 is 0. The molecule has 2 N–H and O–H groups in total. The zero-order chi connectivity index (χ0) is 18.0. The average Bonchev–Trinajstić information content (AvgIpc) is 3.37. The highest BCUT2D eigenvalue weighted by Crippen LogP contribution is 2.42. The molecule has 25 heavy (non-hydrogen) atoms. The summed E-state index contributed by atoms with van der Waals surface area (Å²) in [5.74, 6) is 0.294. The van der Waals surface area contributed by atoms with Crippen LogP contribution < -0.4 is 5.32 Å². The predicted molar refractivity (Wildman–Crippen MR) is 97.7 cm³/mol. The van der Waals surface area contributed by atoms with E-state index in [1.807, 2.05) is 35.9 Å². The van der Waals surface area contributed by atoms with Crippen LogP contribution in [0.5, 0.6) is 0 Å². The minimum Gasteiger partial charge on any atom is -0.387 e. The number of aliphatic hydroxyl groups excluding tert-OH is 1. The molecule has 5 heteroatoms. The summed E-state index contributed by atoms with van der Waals surface area (Å²) in [6.45, 7) is 6.41. The number of amides is 1. The van der Waals surface area contributed by atoms with Gasteiger partial charge in [-0.15, -0.1) is 0 Å². The van der Waals surface area contributed by atoms with Crippen LogP contribution in [0.25, 0.3) is 0 Å². The first-order chi connectivity index (χ1) is 12.0. The molecule has 1 saturated carbocycles. The van der Waals surface area contributed by atoms with Gasteiger partial charge in [0.1, 0.15) is 0 Å². The summed E-state index contributed by atoms with van der Waals surface area (Å²) in [4.78, 5) is 12.7. The summed E-state index contributed by atoms with van der Waals surface area (Å²) in [6, 6.07) is 7.98. The third kappa shape index (κ3) is 3.76. The standard InChI is InChI=1S/C20H27N3O2/c1-4-14(3)23-19(15-9-10-15)17(11-22-23)20(25)21-12-18(24)16-8-6-5-7-13(16)2/h5-8,11,14-15,18,24H,4,9-10,12H2,1-3H3,(H,21,25). The van der Waals surface area contributed by atoms with Gasteiger partial charge in [-0.05, 0) is 44.2 Å². The third-order valence-electron chi connectivity index (χ3n) is 5.05. The Kier molecular flexibility index (Phi) is 5.23. The van der Waals surface area contributed by atoms with Crippen LogP contribution in [0.1, 0.15) is 78.4 Å². The minimum atomic E-state index is -0.709.